The second-order valence-corrected chi connectivity index (χ2v) is 8.48. The van der Waals surface area contributed by atoms with E-state index in [1.807, 2.05) is 6.07 Å². The summed E-state index contributed by atoms with van der Waals surface area (Å²) in [6.07, 6.45) is 5.50. The Bertz CT molecular complexity index is 701. The van der Waals surface area contributed by atoms with Gasteiger partial charge in [0, 0.05) is 32.1 Å². The van der Waals surface area contributed by atoms with Crippen molar-refractivity contribution in [1.29, 1.82) is 0 Å². The molecule has 0 amide bonds. The molecule has 1 aliphatic rings. The van der Waals surface area contributed by atoms with Crippen molar-refractivity contribution in [2.45, 2.75) is 40.0 Å². The Balaban J connectivity index is 1.75. The summed E-state index contributed by atoms with van der Waals surface area (Å²) in [7, 11) is 0. The third-order valence-electron chi connectivity index (χ3n) is 4.90. The Morgan fingerprint density at radius 1 is 1.40 bits per heavy atom. The number of nitrogens with one attached hydrogen (secondary N) is 1. The fourth-order valence-corrected chi connectivity index (χ4v) is 3.95. The van der Waals surface area contributed by atoms with Gasteiger partial charge < -0.3 is 15.0 Å². The first kappa shape index (κ1) is 17.9. The van der Waals surface area contributed by atoms with Gasteiger partial charge in [-0.05, 0) is 36.3 Å². The van der Waals surface area contributed by atoms with Crippen LogP contribution >= 0.6 is 0 Å². The molecule has 3 heterocycles. The van der Waals surface area contributed by atoms with Gasteiger partial charge in [-0.3, -0.25) is 9.78 Å². The molecule has 0 bridgehead atoms. The van der Waals surface area contributed by atoms with Crippen LogP contribution in [-0.4, -0.2) is 50.6 Å². The highest BCUT2D eigenvalue weighted by molar-refractivity contribution is 5.73. The number of fused-ring (bicyclic) bond motifs is 1. The van der Waals surface area contributed by atoms with Crippen LogP contribution in [0.3, 0.4) is 0 Å². The molecule has 136 valence electrons. The molecule has 1 fully saturated rings. The van der Waals surface area contributed by atoms with Crippen molar-refractivity contribution >= 4 is 17.0 Å². The topological polar surface area (TPSA) is 82.1 Å². The smallest absolute Gasteiger partial charge is 0.303 e. The second kappa shape index (κ2) is 7.12. The molecule has 0 unspecified atom stereocenters. The van der Waals surface area contributed by atoms with Gasteiger partial charge in [0.05, 0.1) is 17.2 Å². The minimum absolute atomic E-state index is 0.208. The highest BCUT2D eigenvalue weighted by Gasteiger charge is 2.32. The molecule has 0 aromatic carbocycles. The first-order valence-electron chi connectivity index (χ1n) is 9.03. The van der Waals surface area contributed by atoms with Gasteiger partial charge in [0.25, 0.3) is 0 Å². The number of carbonyl (C=O) groups is 1. The minimum Gasteiger partial charge on any atom is -0.481 e. The van der Waals surface area contributed by atoms with E-state index in [2.05, 4.69) is 40.6 Å². The predicted molar refractivity (Wildman–Crippen MR) is 97.3 cm³/mol. The van der Waals surface area contributed by atoms with E-state index in [1.165, 1.54) is 0 Å². The number of nitrogens with zero attached hydrogens (tertiary/aromatic N) is 3. The summed E-state index contributed by atoms with van der Waals surface area (Å²) in [6, 6.07) is 1.90. The number of imidazole rings is 1. The van der Waals surface area contributed by atoms with Crippen molar-refractivity contribution in [2.75, 3.05) is 19.6 Å². The first-order chi connectivity index (χ1) is 11.8. The number of piperidine rings is 1. The van der Waals surface area contributed by atoms with Crippen LogP contribution in [0.15, 0.2) is 18.5 Å². The standard InChI is InChI=1S/C19H28N4O2/c1-19(2,3)12-23-7-5-13(9-18(24)25)14(11-23)8-17-21-15-4-6-20-10-16(15)22-17/h4,6,10,13-14H,5,7-9,11-12H2,1-3H3,(H,21,22)(H,24,25)/t13-,14-/m0/s1. The third kappa shape index (κ3) is 4.78. The Labute approximate surface area is 148 Å². The zero-order chi connectivity index (χ0) is 18.0. The number of carboxylic acids is 1. The van der Waals surface area contributed by atoms with Gasteiger partial charge in [-0.15, -0.1) is 0 Å². The monoisotopic (exact) mass is 344 g/mol. The van der Waals surface area contributed by atoms with Crippen molar-refractivity contribution in [3.05, 3.63) is 24.3 Å². The molecule has 1 aliphatic heterocycles. The molecule has 2 atom stereocenters. The largest absolute Gasteiger partial charge is 0.481 e. The maximum absolute atomic E-state index is 11.3. The lowest BCUT2D eigenvalue weighted by Crippen LogP contribution is -2.45. The number of hydrogen-bond donors (Lipinski definition) is 2. The van der Waals surface area contributed by atoms with E-state index in [9.17, 15) is 9.90 Å². The average Bonchev–Trinajstić information content (AvgIpc) is 2.90. The number of pyridine rings is 1. The van der Waals surface area contributed by atoms with E-state index in [1.54, 1.807) is 12.4 Å². The van der Waals surface area contributed by atoms with Crippen LogP contribution < -0.4 is 0 Å². The summed E-state index contributed by atoms with van der Waals surface area (Å²) in [5.74, 6) is 0.745. The maximum atomic E-state index is 11.3. The maximum Gasteiger partial charge on any atom is 0.303 e. The van der Waals surface area contributed by atoms with Crippen LogP contribution in [0.5, 0.6) is 0 Å². The molecule has 0 radical (unpaired) electrons. The SMILES string of the molecule is CC(C)(C)CN1CC[C@@H](CC(=O)O)[C@@H](Cc2nc3ccncc3[nH]2)C1. The number of likely N-dealkylation sites (tertiary alicyclic amines) is 1. The van der Waals surface area contributed by atoms with Gasteiger partial charge >= 0.3 is 5.97 Å². The number of H-pyrrole nitrogens is 1. The van der Waals surface area contributed by atoms with Crippen molar-refractivity contribution in [3.8, 4) is 0 Å². The Kier molecular flexibility index (Phi) is 5.08. The highest BCUT2D eigenvalue weighted by atomic mass is 16.4. The zero-order valence-corrected chi connectivity index (χ0v) is 15.3. The fourth-order valence-electron chi connectivity index (χ4n) is 3.95. The molecule has 2 aromatic rings. The summed E-state index contributed by atoms with van der Waals surface area (Å²) in [6.45, 7) is 9.69. The summed E-state index contributed by atoms with van der Waals surface area (Å²) in [5, 5.41) is 9.27. The summed E-state index contributed by atoms with van der Waals surface area (Å²) < 4.78 is 0. The fraction of sp³-hybridized carbons (Fsp3) is 0.632. The van der Waals surface area contributed by atoms with E-state index in [0.29, 0.717) is 5.92 Å². The van der Waals surface area contributed by atoms with E-state index in [-0.39, 0.29) is 17.8 Å². The van der Waals surface area contributed by atoms with Gasteiger partial charge in [0.2, 0.25) is 0 Å². The lowest BCUT2D eigenvalue weighted by Gasteiger charge is -2.40. The summed E-state index contributed by atoms with van der Waals surface area (Å²) >= 11 is 0. The number of carboxylic acid groups (broad SMARTS) is 1. The molecule has 0 spiro atoms. The van der Waals surface area contributed by atoms with Crippen LogP contribution in [0.2, 0.25) is 0 Å². The van der Waals surface area contributed by atoms with E-state index < -0.39 is 5.97 Å². The number of rotatable bonds is 5. The van der Waals surface area contributed by atoms with Crippen LogP contribution in [0.4, 0.5) is 0 Å². The number of aromatic nitrogens is 3. The van der Waals surface area contributed by atoms with E-state index in [4.69, 9.17) is 0 Å². The van der Waals surface area contributed by atoms with Crippen molar-refractivity contribution in [1.82, 2.24) is 19.9 Å². The van der Waals surface area contributed by atoms with Crippen molar-refractivity contribution < 1.29 is 9.90 Å². The molecule has 2 N–H and O–H groups in total. The molecular formula is C19H28N4O2. The summed E-state index contributed by atoms with van der Waals surface area (Å²) in [5.41, 5.74) is 2.10. The number of aromatic amines is 1. The molecule has 6 heteroatoms. The van der Waals surface area contributed by atoms with Crippen molar-refractivity contribution in [3.63, 3.8) is 0 Å². The third-order valence-corrected chi connectivity index (χ3v) is 4.90. The Hall–Kier alpha value is -1.95. The Morgan fingerprint density at radius 3 is 2.88 bits per heavy atom. The van der Waals surface area contributed by atoms with Crippen LogP contribution in [0.1, 0.15) is 39.4 Å². The van der Waals surface area contributed by atoms with Gasteiger partial charge in [-0.25, -0.2) is 4.98 Å². The molecule has 0 aliphatic carbocycles. The molecule has 2 aromatic heterocycles. The Morgan fingerprint density at radius 2 is 2.20 bits per heavy atom. The lowest BCUT2D eigenvalue weighted by atomic mass is 9.80. The molecule has 6 nitrogen and oxygen atoms in total. The lowest BCUT2D eigenvalue weighted by molar-refractivity contribution is -0.139. The molecule has 3 rings (SSSR count). The van der Waals surface area contributed by atoms with Crippen molar-refractivity contribution in [2.24, 2.45) is 17.3 Å². The molecular weight excluding hydrogens is 316 g/mol. The highest BCUT2D eigenvalue weighted by Crippen LogP contribution is 2.31. The van der Waals surface area contributed by atoms with Crippen LogP contribution in [0, 0.1) is 17.3 Å². The van der Waals surface area contributed by atoms with E-state index in [0.717, 1.165) is 49.3 Å². The van der Waals surface area contributed by atoms with E-state index >= 15 is 0 Å². The number of aliphatic carboxylic acids is 1. The van der Waals surface area contributed by atoms with Gasteiger partial charge in [-0.2, -0.15) is 0 Å². The quantitative estimate of drug-likeness (QED) is 0.871. The van der Waals surface area contributed by atoms with Gasteiger partial charge in [-0.1, -0.05) is 20.8 Å². The van der Waals surface area contributed by atoms with Gasteiger partial charge in [0.1, 0.15) is 5.82 Å². The van der Waals surface area contributed by atoms with Gasteiger partial charge in [0.15, 0.2) is 0 Å². The number of hydrogen-bond acceptors (Lipinski definition) is 4. The summed E-state index contributed by atoms with van der Waals surface area (Å²) in [4.78, 5) is 25.9. The van der Waals surface area contributed by atoms with Crippen LogP contribution in [-0.2, 0) is 11.2 Å². The van der Waals surface area contributed by atoms with Crippen LogP contribution in [0.25, 0.3) is 11.0 Å². The second-order valence-electron chi connectivity index (χ2n) is 8.48. The first-order valence-corrected chi connectivity index (χ1v) is 9.03. The molecule has 0 saturated carbocycles. The molecule has 1 saturated heterocycles. The normalized spacial score (nSPS) is 22.4. The predicted octanol–water partition coefficient (Wildman–Crippen LogP) is 2.96. The average molecular weight is 344 g/mol. The zero-order valence-electron chi connectivity index (χ0n) is 15.3. The minimum atomic E-state index is -0.701. The molecule has 25 heavy (non-hydrogen) atoms.